The van der Waals surface area contributed by atoms with Gasteiger partial charge >= 0.3 is 7.04 Å². The summed E-state index contributed by atoms with van der Waals surface area (Å²) >= 11 is 0. The van der Waals surface area contributed by atoms with Crippen molar-refractivity contribution in [3.8, 4) is 0 Å². The minimum Gasteiger partial charge on any atom is -0.622 e. The maximum Gasteiger partial charge on any atom is 0.594 e. The molecule has 0 saturated carbocycles. The summed E-state index contributed by atoms with van der Waals surface area (Å²) in [5.41, 5.74) is 0.746. The van der Waals surface area contributed by atoms with Gasteiger partial charge in [0.2, 0.25) is 0 Å². The lowest BCUT2D eigenvalue weighted by atomic mass is 9.92. The Morgan fingerprint density at radius 1 is 1.37 bits per heavy atom. The predicted molar refractivity (Wildman–Crippen MR) is 69.3 cm³/mol. The van der Waals surface area contributed by atoms with Gasteiger partial charge in [-0.15, -0.1) is 0 Å². The summed E-state index contributed by atoms with van der Waals surface area (Å²) in [6, 6.07) is 8.07. The average molecular weight is 268 g/mol. The Morgan fingerprint density at radius 3 is 2.58 bits per heavy atom. The number of halogens is 2. The summed E-state index contributed by atoms with van der Waals surface area (Å²) in [6.07, 6.45) is 0.650. The van der Waals surface area contributed by atoms with Crippen molar-refractivity contribution in [2.24, 2.45) is 5.92 Å². The number of hydrogen-bond donors (Lipinski definition) is 0. The van der Waals surface area contributed by atoms with Gasteiger partial charge in [-0.3, -0.25) is 4.79 Å². The van der Waals surface area contributed by atoms with Crippen LogP contribution < -0.4 is 0 Å². The molecule has 6 heteroatoms. The van der Waals surface area contributed by atoms with Crippen LogP contribution in [0, 0.1) is 5.92 Å². The summed E-state index contributed by atoms with van der Waals surface area (Å²) in [4.78, 5) is 12.6. The van der Waals surface area contributed by atoms with E-state index in [2.05, 4.69) is 4.65 Å². The highest BCUT2D eigenvalue weighted by Crippen LogP contribution is 2.33. The molecule has 0 bridgehead atoms. The van der Waals surface area contributed by atoms with Gasteiger partial charge in [0, 0.05) is 0 Å². The first kappa shape index (κ1) is 14.0. The number of benzene rings is 1. The summed E-state index contributed by atoms with van der Waals surface area (Å²) < 4.78 is 32.0. The van der Waals surface area contributed by atoms with Crippen LogP contribution in [0.3, 0.4) is 0 Å². The van der Waals surface area contributed by atoms with Gasteiger partial charge in [-0.05, 0) is 18.0 Å². The number of carbonyl (C=O) groups excluding carboxylic acids is 1. The number of carbonyl (C=O) groups is 1. The number of nitrogens with zero attached hydrogens (tertiary/aromatic N) is 1. The van der Waals surface area contributed by atoms with Crippen molar-refractivity contribution in [3.05, 3.63) is 35.9 Å². The molecule has 19 heavy (non-hydrogen) atoms. The van der Waals surface area contributed by atoms with Crippen LogP contribution in [0.15, 0.2) is 30.3 Å². The van der Waals surface area contributed by atoms with Gasteiger partial charge in [0.25, 0.3) is 5.97 Å². The topological polar surface area (TPSA) is 29.5 Å². The van der Waals surface area contributed by atoms with Crippen LogP contribution in [0.1, 0.15) is 25.8 Å². The Hall–Kier alpha value is -1.43. The molecule has 1 aliphatic heterocycles. The zero-order chi connectivity index (χ0) is 14.0. The van der Waals surface area contributed by atoms with Gasteiger partial charge in [-0.1, -0.05) is 50.6 Å². The molecular formula is C13H17BF2NO2-. The highest BCUT2D eigenvalue weighted by molar-refractivity contribution is 6.60. The van der Waals surface area contributed by atoms with Crippen molar-refractivity contribution in [2.75, 3.05) is 0 Å². The zero-order valence-electron chi connectivity index (χ0n) is 11.1. The highest BCUT2D eigenvalue weighted by atomic mass is 19.3. The largest absolute Gasteiger partial charge is 0.622 e. The SMILES string of the molecule is CCC(C)C1C(=O)O[B-](F)(F)N1Cc1ccccc1. The van der Waals surface area contributed by atoms with Gasteiger partial charge in [0.15, 0.2) is 0 Å². The second-order valence-electron chi connectivity index (χ2n) is 4.99. The van der Waals surface area contributed by atoms with E-state index in [1.165, 1.54) is 0 Å². The molecule has 0 aromatic heterocycles. The first-order valence-corrected chi connectivity index (χ1v) is 6.49. The quantitative estimate of drug-likeness (QED) is 0.786. The van der Waals surface area contributed by atoms with Crippen LogP contribution in [0.25, 0.3) is 0 Å². The normalized spacial score (nSPS) is 24.2. The third-order valence-corrected chi connectivity index (χ3v) is 3.63. The number of rotatable bonds is 4. The summed E-state index contributed by atoms with van der Waals surface area (Å²) in [6.45, 7) is 3.69. The van der Waals surface area contributed by atoms with E-state index < -0.39 is 19.0 Å². The van der Waals surface area contributed by atoms with Crippen molar-refractivity contribution in [2.45, 2.75) is 32.9 Å². The van der Waals surface area contributed by atoms with Crippen molar-refractivity contribution < 1.29 is 18.1 Å². The summed E-state index contributed by atoms with van der Waals surface area (Å²) in [7, 11) is -4.22. The molecule has 1 aromatic rings. The summed E-state index contributed by atoms with van der Waals surface area (Å²) in [5.74, 6) is -0.971. The maximum atomic E-state index is 13.8. The van der Waals surface area contributed by atoms with Crippen LogP contribution >= 0.6 is 0 Å². The zero-order valence-corrected chi connectivity index (χ0v) is 11.1. The first-order chi connectivity index (χ1) is 8.95. The molecule has 1 saturated heterocycles. The third-order valence-electron chi connectivity index (χ3n) is 3.63. The molecule has 104 valence electrons. The van der Waals surface area contributed by atoms with Gasteiger partial charge in [-0.2, -0.15) is 0 Å². The third kappa shape index (κ3) is 2.78. The molecule has 0 radical (unpaired) electrons. The minimum absolute atomic E-state index is 0.0224. The maximum absolute atomic E-state index is 13.8. The smallest absolute Gasteiger partial charge is 0.594 e. The van der Waals surface area contributed by atoms with Gasteiger partial charge < -0.3 is 18.1 Å². The fraction of sp³-hybridized carbons (Fsp3) is 0.462. The van der Waals surface area contributed by atoms with Crippen LogP contribution in [0.5, 0.6) is 0 Å². The van der Waals surface area contributed by atoms with Gasteiger partial charge in [0.05, 0.1) is 6.04 Å². The molecule has 1 fully saturated rings. The average Bonchev–Trinajstić information content (AvgIpc) is 2.59. The van der Waals surface area contributed by atoms with E-state index in [4.69, 9.17) is 0 Å². The number of hydrogen-bond acceptors (Lipinski definition) is 3. The van der Waals surface area contributed by atoms with Crippen LogP contribution in [-0.4, -0.2) is 23.9 Å². The van der Waals surface area contributed by atoms with E-state index >= 15 is 0 Å². The Bertz CT molecular complexity index is 455. The van der Waals surface area contributed by atoms with E-state index in [1.54, 1.807) is 31.2 Å². The molecule has 0 aliphatic carbocycles. The Morgan fingerprint density at radius 2 is 2.00 bits per heavy atom. The molecule has 2 unspecified atom stereocenters. The molecule has 2 rings (SSSR count). The van der Waals surface area contributed by atoms with Crippen molar-refractivity contribution in [1.29, 1.82) is 0 Å². The fourth-order valence-electron chi connectivity index (χ4n) is 2.38. The lowest BCUT2D eigenvalue weighted by Crippen LogP contribution is -2.48. The first-order valence-electron chi connectivity index (χ1n) is 6.49. The molecule has 0 N–H and O–H groups in total. The molecule has 1 aliphatic rings. The second-order valence-corrected chi connectivity index (χ2v) is 4.99. The second kappa shape index (κ2) is 5.29. The summed E-state index contributed by atoms with van der Waals surface area (Å²) in [5, 5.41) is 0. The highest BCUT2D eigenvalue weighted by Gasteiger charge is 2.52. The molecule has 0 spiro atoms. The molecule has 3 nitrogen and oxygen atoms in total. The lowest BCUT2D eigenvalue weighted by Gasteiger charge is -2.34. The Balaban J connectivity index is 2.25. The van der Waals surface area contributed by atoms with Gasteiger partial charge in [-0.25, -0.2) is 0 Å². The van der Waals surface area contributed by atoms with Crippen molar-refractivity contribution >= 4 is 13.0 Å². The van der Waals surface area contributed by atoms with Crippen LogP contribution in [0.2, 0.25) is 0 Å². The van der Waals surface area contributed by atoms with E-state index in [9.17, 15) is 13.4 Å². The predicted octanol–water partition coefficient (Wildman–Crippen LogP) is 2.83. The minimum atomic E-state index is -4.22. The van der Waals surface area contributed by atoms with Gasteiger partial charge in [0.1, 0.15) is 0 Å². The standard InChI is InChI=1S/C13H17BF2NO2/c1-3-10(2)12-13(18)19-14(15,16)17(12)9-11-7-5-4-6-8-11/h4-8,10,12H,3,9H2,1-2H3/q-1. The molecule has 1 aromatic carbocycles. The van der Waals surface area contributed by atoms with Crippen molar-refractivity contribution in [3.63, 3.8) is 0 Å². The van der Waals surface area contributed by atoms with E-state index in [0.29, 0.717) is 6.42 Å². The van der Waals surface area contributed by atoms with E-state index in [-0.39, 0.29) is 12.5 Å². The van der Waals surface area contributed by atoms with Crippen LogP contribution in [0.4, 0.5) is 8.63 Å². The van der Waals surface area contributed by atoms with Crippen molar-refractivity contribution in [1.82, 2.24) is 4.81 Å². The monoisotopic (exact) mass is 268 g/mol. The fourth-order valence-corrected chi connectivity index (χ4v) is 2.38. The Labute approximate surface area is 111 Å². The molecule has 2 atom stereocenters. The lowest BCUT2D eigenvalue weighted by molar-refractivity contribution is -0.137. The van der Waals surface area contributed by atoms with E-state index in [1.807, 2.05) is 13.0 Å². The van der Waals surface area contributed by atoms with E-state index in [0.717, 1.165) is 10.4 Å². The van der Waals surface area contributed by atoms with Crippen LogP contribution in [-0.2, 0) is 16.0 Å². The molecule has 1 heterocycles. The molecule has 0 amide bonds. The molecular weight excluding hydrogens is 251 g/mol. The Kier molecular flexibility index (Phi) is 3.89.